The number of hydrogen-bond acceptors (Lipinski definition) is 5. The van der Waals surface area contributed by atoms with Crippen molar-refractivity contribution in [3.8, 4) is 0 Å². The molecule has 1 aromatic rings. The number of aryl methyl sites for hydroxylation is 1. The molecule has 0 amide bonds. The molecule has 0 aliphatic carbocycles. The van der Waals surface area contributed by atoms with Crippen LogP contribution < -0.4 is 51.4 Å². The Kier molecular flexibility index (Phi) is 9.15. The number of hydrogen-bond donors (Lipinski definition) is 1. The molecule has 0 aromatic carbocycles. The van der Waals surface area contributed by atoms with Crippen molar-refractivity contribution >= 4 is 27.4 Å². The van der Waals surface area contributed by atoms with Crippen LogP contribution in [0.4, 0.5) is 0 Å². The Hall–Kier alpha value is 0.716. The smallest absolute Gasteiger partial charge is 1.00 e. The predicted molar refractivity (Wildman–Crippen MR) is 64.8 cm³/mol. The monoisotopic (exact) mass is 318 g/mol. The van der Waals surface area contributed by atoms with Crippen LogP contribution in [0, 0.1) is 0 Å². The van der Waals surface area contributed by atoms with E-state index in [1.54, 1.807) is 6.07 Å². The summed E-state index contributed by atoms with van der Waals surface area (Å²) in [5.41, 5.74) is 0. The Morgan fingerprint density at radius 3 is 2.61 bits per heavy atom. The van der Waals surface area contributed by atoms with Crippen molar-refractivity contribution in [3.05, 3.63) is 17.0 Å². The third-order valence-electron chi connectivity index (χ3n) is 2.01. The fourth-order valence-electron chi connectivity index (χ4n) is 1.25. The van der Waals surface area contributed by atoms with Gasteiger partial charge in [-0.15, -0.1) is 11.3 Å². The molecule has 8 heteroatoms. The average Bonchev–Trinajstić information content (AvgIpc) is 2.64. The Labute approximate surface area is 155 Å². The zero-order valence-electron chi connectivity index (χ0n) is 11.4. The van der Waals surface area contributed by atoms with Crippen molar-refractivity contribution in [2.45, 2.75) is 30.4 Å². The van der Waals surface area contributed by atoms with E-state index in [9.17, 15) is 13.2 Å². The van der Waals surface area contributed by atoms with E-state index in [1.807, 2.05) is 0 Å². The molecule has 0 fully saturated rings. The molecular formula is C10H15KO5S2. The second kappa shape index (κ2) is 8.80. The van der Waals surface area contributed by atoms with E-state index < -0.39 is 10.1 Å². The van der Waals surface area contributed by atoms with Gasteiger partial charge in [0.2, 0.25) is 0 Å². The van der Waals surface area contributed by atoms with Gasteiger partial charge in [0.25, 0.3) is 0 Å². The van der Waals surface area contributed by atoms with Gasteiger partial charge in [-0.1, -0.05) is 0 Å². The summed E-state index contributed by atoms with van der Waals surface area (Å²) < 4.78 is 35.1. The molecule has 18 heavy (non-hydrogen) atoms. The van der Waals surface area contributed by atoms with Crippen molar-refractivity contribution in [1.82, 2.24) is 0 Å². The third kappa shape index (κ3) is 7.34. The van der Waals surface area contributed by atoms with E-state index in [-0.39, 0.29) is 63.0 Å². The molecule has 1 aromatic heterocycles. The molecule has 1 N–H and O–H groups in total. The fourth-order valence-corrected chi connectivity index (χ4v) is 3.01. The van der Waals surface area contributed by atoms with Crippen molar-refractivity contribution in [3.63, 3.8) is 0 Å². The first-order chi connectivity index (χ1) is 7.89. The Bertz CT molecular complexity index is 486. The first-order valence-corrected chi connectivity index (χ1v) is 7.35. The van der Waals surface area contributed by atoms with E-state index >= 15 is 0 Å². The van der Waals surface area contributed by atoms with E-state index in [4.69, 9.17) is 9.29 Å². The second-order valence-electron chi connectivity index (χ2n) is 3.49. The van der Waals surface area contributed by atoms with Crippen LogP contribution in [0.3, 0.4) is 0 Å². The van der Waals surface area contributed by atoms with Gasteiger partial charge in [0.1, 0.15) is 4.21 Å². The minimum absolute atomic E-state index is 0. The summed E-state index contributed by atoms with van der Waals surface area (Å²) in [7, 11) is -4.08. The zero-order chi connectivity index (χ0) is 12.9. The number of esters is 1. The largest absolute Gasteiger partial charge is 1.00 e. The Morgan fingerprint density at radius 1 is 1.44 bits per heavy atom. The van der Waals surface area contributed by atoms with Crippen LogP contribution in [0.1, 0.15) is 26.1 Å². The molecular weight excluding hydrogens is 303 g/mol. The van der Waals surface area contributed by atoms with E-state index in [0.717, 1.165) is 29.1 Å². The van der Waals surface area contributed by atoms with Gasteiger partial charge in [0.15, 0.2) is 0 Å². The number of rotatable bonds is 6. The van der Waals surface area contributed by atoms with Crippen LogP contribution in [-0.4, -0.2) is 25.5 Å². The number of thiophene rings is 1. The van der Waals surface area contributed by atoms with Gasteiger partial charge in [-0.05, 0) is 31.4 Å². The number of ether oxygens (including phenoxy) is 1. The van der Waals surface area contributed by atoms with Crippen LogP contribution in [0.25, 0.3) is 0 Å². The first-order valence-electron chi connectivity index (χ1n) is 5.09. The van der Waals surface area contributed by atoms with Crippen LogP contribution in [0.15, 0.2) is 16.3 Å². The van der Waals surface area contributed by atoms with Crippen LogP contribution in [-0.2, 0) is 26.1 Å². The zero-order valence-corrected chi connectivity index (χ0v) is 15.1. The standard InChI is InChI=1S/C10H14O5S2.K.H/c1-8(11)15-7-3-2-4-9-5-6-10(16-9)17(12,13)14;;/h5-6H,2-4,7H2,1H3,(H,12,13,14);;/q;+1;-1. The van der Waals surface area contributed by atoms with Crippen LogP contribution in [0.2, 0.25) is 0 Å². The molecule has 0 aliphatic rings. The Balaban J connectivity index is 0. The summed E-state index contributed by atoms with van der Waals surface area (Å²) in [6.07, 6.45) is 2.25. The van der Waals surface area contributed by atoms with E-state index in [2.05, 4.69) is 0 Å². The topological polar surface area (TPSA) is 80.7 Å². The van der Waals surface area contributed by atoms with Crippen molar-refractivity contribution in [1.29, 1.82) is 0 Å². The molecule has 0 bridgehead atoms. The summed E-state index contributed by atoms with van der Waals surface area (Å²) in [4.78, 5) is 11.4. The number of carbonyl (C=O) groups is 1. The molecule has 1 heterocycles. The molecule has 0 unspecified atom stereocenters. The molecule has 0 radical (unpaired) electrons. The van der Waals surface area contributed by atoms with Gasteiger partial charge in [-0.25, -0.2) is 0 Å². The van der Waals surface area contributed by atoms with Crippen molar-refractivity contribution < 1.29 is 75.3 Å². The second-order valence-corrected chi connectivity index (χ2v) is 6.31. The first kappa shape index (κ1) is 18.7. The molecule has 0 aliphatic heterocycles. The predicted octanol–water partition coefficient (Wildman–Crippen LogP) is -1.00. The molecule has 1 rings (SSSR count). The Morgan fingerprint density at radius 2 is 2.11 bits per heavy atom. The minimum Gasteiger partial charge on any atom is -1.00 e. The third-order valence-corrected chi connectivity index (χ3v) is 4.48. The summed E-state index contributed by atoms with van der Waals surface area (Å²) in [6, 6.07) is 3.07. The fraction of sp³-hybridized carbons (Fsp3) is 0.500. The molecule has 0 saturated heterocycles. The maximum atomic E-state index is 10.8. The minimum atomic E-state index is -4.08. The van der Waals surface area contributed by atoms with E-state index in [1.165, 1.54) is 13.0 Å². The maximum absolute atomic E-state index is 10.8. The molecule has 5 nitrogen and oxygen atoms in total. The average molecular weight is 318 g/mol. The van der Waals surface area contributed by atoms with Gasteiger partial charge in [0, 0.05) is 11.8 Å². The SMILES string of the molecule is CC(=O)OCCCCc1ccc(S(=O)(=O)O)s1.[H-].[K+]. The van der Waals surface area contributed by atoms with Crippen LogP contribution >= 0.6 is 11.3 Å². The molecule has 98 valence electrons. The summed E-state index contributed by atoms with van der Waals surface area (Å²) in [6.45, 7) is 1.74. The summed E-state index contributed by atoms with van der Waals surface area (Å²) >= 11 is 1.06. The van der Waals surface area contributed by atoms with Crippen LogP contribution in [0.5, 0.6) is 0 Å². The van der Waals surface area contributed by atoms with E-state index in [0.29, 0.717) is 13.0 Å². The summed E-state index contributed by atoms with van der Waals surface area (Å²) in [5.74, 6) is -0.296. The van der Waals surface area contributed by atoms with Gasteiger partial charge >= 0.3 is 67.5 Å². The van der Waals surface area contributed by atoms with Gasteiger partial charge in [-0.3, -0.25) is 9.35 Å². The summed E-state index contributed by atoms with van der Waals surface area (Å²) in [5, 5.41) is 0. The van der Waals surface area contributed by atoms with Gasteiger partial charge < -0.3 is 6.16 Å². The number of unbranched alkanes of at least 4 members (excludes halogenated alkanes) is 1. The van der Waals surface area contributed by atoms with Crippen molar-refractivity contribution in [2.24, 2.45) is 0 Å². The van der Waals surface area contributed by atoms with Gasteiger partial charge in [-0.2, -0.15) is 8.42 Å². The quantitative estimate of drug-likeness (QED) is 0.315. The molecule has 0 saturated carbocycles. The molecule has 0 atom stereocenters. The van der Waals surface area contributed by atoms with Gasteiger partial charge in [0.05, 0.1) is 6.61 Å². The van der Waals surface area contributed by atoms with Crippen molar-refractivity contribution in [2.75, 3.05) is 6.61 Å². The molecule has 0 spiro atoms. The normalized spacial score (nSPS) is 10.8. The number of carbonyl (C=O) groups excluding carboxylic acids is 1. The maximum Gasteiger partial charge on any atom is 1.00 e.